The predicted octanol–water partition coefficient (Wildman–Crippen LogP) is 2.10. The highest BCUT2D eigenvalue weighted by Crippen LogP contribution is 2.26. The highest BCUT2D eigenvalue weighted by atomic mass is 16.3. The van der Waals surface area contributed by atoms with E-state index in [1.54, 1.807) is 0 Å². The summed E-state index contributed by atoms with van der Waals surface area (Å²) in [5.41, 5.74) is 0.666. The van der Waals surface area contributed by atoms with E-state index in [0.717, 1.165) is 30.0 Å². The summed E-state index contributed by atoms with van der Waals surface area (Å²) in [7, 11) is 1.84. The van der Waals surface area contributed by atoms with Crippen LogP contribution in [0.3, 0.4) is 0 Å². The molecule has 0 fully saturated rings. The van der Waals surface area contributed by atoms with Crippen LogP contribution in [0.2, 0.25) is 0 Å². The first-order valence-corrected chi connectivity index (χ1v) is 6.44. The summed E-state index contributed by atoms with van der Waals surface area (Å²) in [6.45, 7) is 8.06. The van der Waals surface area contributed by atoms with Crippen molar-refractivity contribution in [2.75, 3.05) is 24.3 Å². The van der Waals surface area contributed by atoms with Gasteiger partial charge in [-0.3, -0.25) is 0 Å². The maximum absolute atomic E-state index is 9.60. The molecule has 3 N–H and O–H groups in total. The Kier molecular flexibility index (Phi) is 4.90. The number of hydrogen-bond acceptors (Lipinski definition) is 5. The van der Waals surface area contributed by atoms with Gasteiger partial charge in [0.05, 0.1) is 12.1 Å². The largest absolute Gasteiger partial charge is 0.394 e. The molecule has 1 aromatic heterocycles. The summed E-state index contributed by atoms with van der Waals surface area (Å²) >= 11 is 0. The molecule has 0 saturated heterocycles. The van der Waals surface area contributed by atoms with E-state index >= 15 is 0 Å². The third-order valence-corrected chi connectivity index (χ3v) is 3.53. The van der Waals surface area contributed by atoms with E-state index in [0.29, 0.717) is 5.82 Å². The maximum atomic E-state index is 9.60. The topological polar surface area (TPSA) is 70.1 Å². The second-order valence-corrected chi connectivity index (χ2v) is 4.61. The Balaban J connectivity index is 3.13. The minimum atomic E-state index is -0.309. The number of aryl methyl sites for hydroxylation is 1. The minimum Gasteiger partial charge on any atom is -0.394 e. The van der Waals surface area contributed by atoms with Gasteiger partial charge in [-0.1, -0.05) is 13.8 Å². The fourth-order valence-electron chi connectivity index (χ4n) is 1.93. The first-order chi connectivity index (χ1) is 8.51. The van der Waals surface area contributed by atoms with E-state index in [9.17, 15) is 5.11 Å². The molecule has 0 amide bonds. The first kappa shape index (κ1) is 14.7. The van der Waals surface area contributed by atoms with Crippen LogP contribution in [0, 0.1) is 13.8 Å². The van der Waals surface area contributed by atoms with E-state index < -0.39 is 0 Å². The Morgan fingerprint density at radius 2 is 1.67 bits per heavy atom. The molecule has 1 heterocycles. The summed E-state index contributed by atoms with van der Waals surface area (Å²) in [6, 6.07) is 0. The van der Waals surface area contributed by atoms with Crippen LogP contribution in [0.4, 0.5) is 11.6 Å². The zero-order valence-electron chi connectivity index (χ0n) is 12.0. The molecule has 1 rings (SSSR count). The van der Waals surface area contributed by atoms with Crippen LogP contribution >= 0.6 is 0 Å². The quantitative estimate of drug-likeness (QED) is 0.723. The highest BCUT2D eigenvalue weighted by Gasteiger charge is 2.26. The van der Waals surface area contributed by atoms with Crippen molar-refractivity contribution in [2.24, 2.45) is 0 Å². The maximum Gasteiger partial charge on any atom is 0.135 e. The molecule has 0 saturated carbocycles. The van der Waals surface area contributed by atoms with Crippen LogP contribution in [0.15, 0.2) is 0 Å². The summed E-state index contributed by atoms with van der Waals surface area (Å²) in [4.78, 5) is 8.77. The van der Waals surface area contributed by atoms with Gasteiger partial charge in [-0.2, -0.15) is 0 Å². The summed E-state index contributed by atoms with van der Waals surface area (Å²) < 4.78 is 0. The minimum absolute atomic E-state index is 0.0946. The van der Waals surface area contributed by atoms with Gasteiger partial charge >= 0.3 is 0 Å². The summed E-state index contributed by atoms with van der Waals surface area (Å²) in [6.07, 6.45) is 1.69. The van der Waals surface area contributed by atoms with Crippen molar-refractivity contribution >= 4 is 11.6 Å². The molecule has 0 bridgehead atoms. The van der Waals surface area contributed by atoms with Crippen molar-refractivity contribution in [1.82, 2.24) is 9.97 Å². The molecule has 102 valence electrons. The van der Waals surface area contributed by atoms with E-state index in [2.05, 4.69) is 34.4 Å². The third kappa shape index (κ3) is 2.90. The second-order valence-electron chi connectivity index (χ2n) is 4.61. The average Bonchev–Trinajstić information content (AvgIpc) is 2.39. The molecule has 0 spiro atoms. The van der Waals surface area contributed by atoms with Gasteiger partial charge in [-0.15, -0.1) is 0 Å². The number of aliphatic hydroxyl groups excluding tert-OH is 1. The number of hydrogen-bond donors (Lipinski definition) is 3. The molecule has 5 nitrogen and oxygen atoms in total. The zero-order chi connectivity index (χ0) is 13.8. The van der Waals surface area contributed by atoms with Crippen LogP contribution in [0.5, 0.6) is 0 Å². The van der Waals surface area contributed by atoms with E-state index in [-0.39, 0.29) is 12.1 Å². The van der Waals surface area contributed by atoms with Crippen molar-refractivity contribution in [3.63, 3.8) is 0 Å². The van der Waals surface area contributed by atoms with Gasteiger partial charge in [-0.05, 0) is 26.7 Å². The van der Waals surface area contributed by atoms with Crippen LogP contribution in [0.25, 0.3) is 0 Å². The molecular weight excluding hydrogens is 228 g/mol. The SMILES string of the molecule is CCC(CC)(CO)Nc1nc(C)nc(NC)c1C. The van der Waals surface area contributed by atoms with Crippen molar-refractivity contribution < 1.29 is 5.11 Å². The van der Waals surface area contributed by atoms with E-state index in [4.69, 9.17) is 0 Å². The number of aromatic nitrogens is 2. The lowest BCUT2D eigenvalue weighted by Gasteiger charge is -2.32. The zero-order valence-corrected chi connectivity index (χ0v) is 12.0. The Bertz CT molecular complexity index is 394. The van der Waals surface area contributed by atoms with Crippen LogP contribution in [-0.4, -0.2) is 34.3 Å². The van der Waals surface area contributed by atoms with Crippen LogP contribution in [0.1, 0.15) is 38.1 Å². The molecule has 0 aliphatic rings. The average molecular weight is 252 g/mol. The number of rotatable bonds is 6. The molecule has 0 radical (unpaired) electrons. The molecule has 0 atom stereocenters. The lowest BCUT2D eigenvalue weighted by Crippen LogP contribution is -2.41. The lowest BCUT2D eigenvalue weighted by atomic mass is 9.93. The Morgan fingerprint density at radius 3 is 2.11 bits per heavy atom. The normalized spacial score (nSPS) is 11.4. The van der Waals surface area contributed by atoms with Gasteiger partial charge in [0.2, 0.25) is 0 Å². The van der Waals surface area contributed by atoms with Crippen LogP contribution in [-0.2, 0) is 0 Å². The second kappa shape index (κ2) is 6.00. The van der Waals surface area contributed by atoms with Crippen molar-refractivity contribution in [3.05, 3.63) is 11.4 Å². The first-order valence-electron chi connectivity index (χ1n) is 6.44. The molecule has 1 aromatic rings. The molecule has 0 aliphatic heterocycles. The van der Waals surface area contributed by atoms with Gasteiger partial charge in [-0.25, -0.2) is 9.97 Å². The van der Waals surface area contributed by atoms with Crippen LogP contribution < -0.4 is 10.6 Å². The molecule has 0 aliphatic carbocycles. The Morgan fingerprint density at radius 1 is 1.11 bits per heavy atom. The van der Waals surface area contributed by atoms with Gasteiger partial charge in [0.1, 0.15) is 17.5 Å². The number of anilines is 2. The van der Waals surface area contributed by atoms with Gasteiger partial charge in [0, 0.05) is 12.6 Å². The lowest BCUT2D eigenvalue weighted by molar-refractivity contribution is 0.202. The Hall–Kier alpha value is -1.36. The highest BCUT2D eigenvalue weighted by molar-refractivity contribution is 5.58. The smallest absolute Gasteiger partial charge is 0.135 e. The van der Waals surface area contributed by atoms with Crippen molar-refractivity contribution in [1.29, 1.82) is 0 Å². The fourth-order valence-corrected chi connectivity index (χ4v) is 1.93. The predicted molar refractivity (Wildman–Crippen MR) is 75.1 cm³/mol. The van der Waals surface area contributed by atoms with E-state index in [1.807, 2.05) is 20.9 Å². The standard InChI is InChI=1S/C13H24N4O/c1-6-13(7-2,8-18)17-12-9(3)11(14-5)15-10(4)16-12/h18H,6-8H2,1-5H3,(H2,14,15,16,17). The van der Waals surface area contributed by atoms with Crippen molar-refractivity contribution in [2.45, 2.75) is 46.1 Å². The molecule has 0 aromatic carbocycles. The molecular formula is C13H24N4O. The summed E-state index contributed by atoms with van der Waals surface area (Å²) in [5, 5.41) is 16.0. The van der Waals surface area contributed by atoms with Gasteiger partial charge in [0.25, 0.3) is 0 Å². The number of nitrogens with zero attached hydrogens (tertiary/aromatic N) is 2. The fraction of sp³-hybridized carbons (Fsp3) is 0.692. The molecule has 18 heavy (non-hydrogen) atoms. The third-order valence-electron chi connectivity index (χ3n) is 3.53. The van der Waals surface area contributed by atoms with Gasteiger partial charge in [0.15, 0.2) is 0 Å². The van der Waals surface area contributed by atoms with E-state index in [1.165, 1.54) is 0 Å². The molecule has 5 heteroatoms. The number of aliphatic hydroxyl groups is 1. The number of nitrogens with one attached hydrogen (secondary N) is 2. The monoisotopic (exact) mass is 252 g/mol. The Labute approximate surface area is 109 Å². The van der Waals surface area contributed by atoms with Gasteiger partial charge < -0.3 is 15.7 Å². The van der Waals surface area contributed by atoms with Crippen molar-refractivity contribution in [3.8, 4) is 0 Å². The molecule has 0 unspecified atom stereocenters. The summed E-state index contributed by atoms with van der Waals surface area (Å²) in [5.74, 6) is 2.33.